The van der Waals surface area contributed by atoms with E-state index in [0.29, 0.717) is 29.4 Å². The molecule has 1 saturated heterocycles. The number of rotatable bonds is 6. The Balaban J connectivity index is 1.51. The number of hydrogen-bond donors (Lipinski definition) is 2. The van der Waals surface area contributed by atoms with Crippen LogP contribution >= 0.6 is 0 Å². The van der Waals surface area contributed by atoms with Crippen LogP contribution in [0.5, 0.6) is 5.75 Å². The van der Waals surface area contributed by atoms with E-state index < -0.39 is 0 Å². The van der Waals surface area contributed by atoms with E-state index >= 15 is 0 Å². The largest absolute Gasteiger partial charge is 0.507 e. The molecule has 3 heterocycles. The molecule has 0 spiro atoms. The van der Waals surface area contributed by atoms with Crippen molar-refractivity contribution < 1.29 is 5.11 Å². The minimum atomic E-state index is 0.165. The fourth-order valence-corrected chi connectivity index (χ4v) is 4.35. The van der Waals surface area contributed by atoms with Crippen molar-refractivity contribution in [2.45, 2.75) is 33.2 Å². The summed E-state index contributed by atoms with van der Waals surface area (Å²) in [7, 11) is 0. The van der Waals surface area contributed by atoms with Gasteiger partial charge in [-0.15, -0.1) is 10.2 Å². The number of hydrogen-bond acceptors (Lipinski definition) is 9. The Morgan fingerprint density at radius 3 is 2.69 bits per heavy atom. The summed E-state index contributed by atoms with van der Waals surface area (Å²) in [5.41, 5.74) is 8.29. The van der Waals surface area contributed by atoms with Crippen molar-refractivity contribution in [3.63, 3.8) is 0 Å². The minimum absolute atomic E-state index is 0.165. The van der Waals surface area contributed by atoms with Gasteiger partial charge in [0.15, 0.2) is 5.82 Å². The highest BCUT2D eigenvalue weighted by atomic mass is 16.3. The second kappa shape index (κ2) is 11.7. The van der Waals surface area contributed by atoms with Crippen LogP contribution in [-0.2, 0) is 0 Å². The Labute approximate surface area is 213 Å². The molecule has 36 heavy (non-hydrogen) atoms. The van der Waals surface area contributed by atoms with Gasteiger partial charge >= 0.3 is 0 Å². The predicted octanol–water partition coefficient (Wildman–Crippen LogP) is 3.02. The summed E-state index contributed by atoms with van der Waals surface area (Å²) in [5.74, 6) is 8.28. The third-order valence-corrected chi connectivity index (χ3v) is 6.61. The lowest BCUT2D eigenvalue weighted by Gasteiger charge is -2.28. The Bertz CT molecular complexity index is 1230. The zero-order valence-corrected chi connectivity index (χ0v) is 21.2. The van der Waals surface area contributed by atoms with Crippen LogP contribution in [0.15, 0.2) is 42.6 Å². The summed E-state index contributed by atoms with van der Waals surface area (Å²) in [6.45, 7) is 11.4. The highest BCUT2D eigenvalue weighted by Gasteiger charge is 2.24. The zero-order chi connectivity index (χ0) is 25.5. The normalized spacial score (nSPS) is 15.9. The lowest BCUT2D eigenvalue weighted by atomic mass is 10.1. The maximum Gasteiger partial charge on any atom is 0.206 e. The number of aromatic hydroxyl groups is 1. The summed E-state index contributed by atoms with van der Waals surface area (Å²) in [6.07, 6.45) is 2.70. The van der Waals surface area contributed by atoms with Crippen LogP contribution in [-0.4, -0.2) is 75.5 Å². The molecular weight excluding hydrogens is 452 g/mol. The lowest BCUT2D eigenvalue weighted by Crippen LogP contribution is -2.35. The van der Waals surface area contributed by atoms with E-state index in [1.54, 1.807) is 18.3 Å². The Morgan fingerprint density at radius 1 is 1.11 bits per heavy atom. The van der Waals surface area contributed by atoms with Gasteiger partial charge in [0, 0.05) is 37.4 Å². The third-order valence-electron chi connectivity index (χ3n) is 6.61. The molecule has 1 atom stereocenters. The van der Waals surface area contributed by atoms with E-state index in [1.165, 1.54) is 0 Å². The van der Waals surface area contributed by atoms with Gasteiger partial charge in [-0.05, 0) is 56.6 Å². The summed E-state index contributed by atoms with van der Waals surface area (Å²) in [4.78, 5) is 15.9. The van der Waals surface area contributed by atoms with Gasteiger partial charge in [0.25, 0.3) is 0 Å². The van der Waals surface area contributed by atoms with Crippen LogP contribution in [0.1, 0.15) is 33.0 Å². The topological polar surface area (TPSA) is 108 Å². The van der Waals surface area contributed by atoms with Crippen LogP contribution < -0.4 is 15.5 Å². The standard InChI is InChI=1S/C27H34N8O/c1-4-33(5-2)15-8-11-25-29-14-12-26(30-25)35-18-17-34(16-13-20(35)3)23-19-22(31-32-27(23)28)21-9-6-7-10-24(21)36/h6-7,9-10,12,14,19-20,36H,4-5,13,15-18H2,1-3H3,(H2,28,32)/t20-/m1/s1. The summed E-state index contributed by atoms with van der Waals surface area (Å²) < 4.78 is 0. The van der Waals surface area contributed by atoms with E-state index in [0.717, 1.165) is 50.6 Å². The van der Waals surface area contributed by atoms with Crippen LogP contribution in [0.25, 0.3) is 11.3 Å². The average Bonchev–Trinajstić information content (AvgIpc) is 3.09. The Hall–Kier alpha value is -3.90. The number of nitrogens with zero attached hydrogens (tertiary/aromatic N) is 7. The van der Waals surface area contributed by atoms with Crippen molar-refractivity contribution in [1.82, 2.24) is 25.1 Å². The Kier molecular flexibility index (Phi) is 8.18. The molecule has 2 aromatic heterocycles. The van der Waals surface area contributed by atoms with Gasteiger partial charge in [-0.25, -0.2) is 9.97 Å². The van der Waals surface area contributed by atoms with E-state index in [9.17, 15) is 5.11 Å². The first-order valence-corrected chi connectivity index (χ1v) is 12.5. The molecule has 1 aromatic carbocycles. The molecule has 3 aromatic rings. The SMILES string of the molecule is CCN(CC)CC#Cc1nccc(N2CCN(c3cc(-c4ccccc4O)nnc3N)CC[C@H]2C)n1. The number of phenols is 1. The van der Waals surface area contributed by atoms with Gasteiger partial charge in [-0.1, -0.05) is 31.9 Å². The van der Waals surface area contributed by atoms with E-state index in [-0.39, 0.29) is 11.8 Å². The van der Waals surface area contributed by atoms with Crippen molar-refractivity contribution in [3.05, 3.63) is 48.4 Å². The number of aromatic nitrogens is 4. The van der Waals surface area contributed by atoms with Crippen molar-refractivity contribution in [1.29, 1.82) is 0 Å². The van der Waals surface area contributed by atoms with Gasteiger partial charge in [0.05, 0.1) is 17.9 Å². The molecule has 4 rings (SSSR count). The van der Waals surface area contributed by atoms with Gasteiger partial charge in [-0.3, -0.25) is 4.90 Å². The predicted molar refractivity (Wildman–Crippen MR) is 144 cm³/mol. The lowest BCUT2D eigenvalue weighted by molar-refractivity contribution is 0.342. The Morgan fingerprint density at radius 2 is 1.92 bits per heavy atom. The molecule has 9 heteroatoms. The van der Waals surface area contributed by atoms with Gasteiger partial charge in [0.1, 0.15) is 11.6 Å². The van der Waals surface area contributed by atoms with Crippen LogP contribution in [0.4, 0.5) is 17.3 Å². The van der Waals surface area contributed by atoms with Crippen LogP contribution in [0.2, 0.25) is 0 Å². The molecule has 9 nitrogen and oxygen atoms in total. The van der Waals surface area contributed by atoms with Gasteiger partial charge < -0.3 is 20.6 Å². The maximum absolute atomic E-state index is 10.3. The summed E-state index contributed by atoms with van der Waals surface area (Å²) in [6, 6.07) is 11.2. The smallest absolute Gasteiger partial charge is 0.206 e. The number of para-hydroxylation sites is 1. The first kappa shape index (κ1) is 25.2. The van der Waals surface area contributed by atoms with Gasteiger partial charge in [-0.2, -0.15) is 0 Å². The molecule has 188 valence electrons. The molecule has 0 unspecified atom stereocenters. The van der Waals surface area contributed by atoms with E-state index in [4.69, 9.17) is 10.7 Å². The molecule has 0 aliphatic carbocycles. The third kappa shape index (κ3) is 5.83. The molecule has 0 saturated carbocycles. The first-order valence-electron chi connectivity index (χ1n) is 12.5. The first-order chi connectivity index (χ1) is 17.5. The summed E-state index contributed by atoms with van der Waals surface area (Å²) in [5, 5.41) is 18.7. The fourth-order valence-electron chi connectivity index (χ4n) is 4.35. The second-order valence-corrected chi connectivity index (χ2v) is 8.84. The maximum atomic E-state index is 10.3. The van der Waals surface area contributed by atoms with E-state index in [1.807, 2.05) is 24.3 Å². The van der Waals surface area contributed by atoms with Crippen molar-refractivity contribution in [2.24, 2.45) is 0 Å². The molecule has 1 aliphatic heterocycles. The average molecular weight is 487 g/mol. The molecule has 3 N–H and O–H groups in total. The number of nitrogen functional groups attached to an aromatic ring is 1. The molecule has 1 fully saturated rings. The molecule has 0 radical (unpaired) electrons. The molecular formula is C27H34N8O. The minimum Gasteiger partial charge on any atom is -0.507 e. The highest BCUT2D eigenvalue weighted by molar-refractivity contribution is 5.74. The number of anilines is 3. The van der Waals surface area contributed by atoms with Crippen molar-refractivity contribution in [3.8, 4) is 28.8 Å². The zero-order valence-electron chi connectivity index (χ0n) is 21.2. The molecule has 0 amide bonds. The van der Waals surface area contributed by atoms with E-state index in [2.05, 4.69) is 62.5 Å². The number of phenolic OH excluding ortho intramolecular Hbond substituents is 1. The monoisotopic (exact) mass is 486 g/mol. The number of benzene rings is 1. The quantitative estimate of drug-likeness (QED) is 0.508. The van der Waals surface area contributed by atoms with Gasteiger partial charge in [0.2, 0.25) is 5.82 Å². The van der Waals surface area contributed by atoms with Crippen LogP contribution in [0.3, 0.4) is 0 Å². The molecule has 0 bridgehead atoms. The number of nitrogens with two attached hydrogens (primary N) is 1. The molecule has 1 aliphatic rings. The highest BCUT2D eigenvalue weighted by Crippen LogP contribution is 2.32. The van der Waals surface area contributed by atoms with Crippen molar-refractivity contribution >= 4 is 17.3 Å². The summed E-state index contributed by atoms with van der Waals surface area (Å²) >= 11 is 0. The fraction of sp³-hybridized carbons (Fsp3) is 0.407. The second-order valence-electron chi connectivity index (χ2n) is 8.84. The van der Waals surface area contributed by atoms with Crippen molar-refractivity contribution in [2.75, 3.05) is 54.8 Å². The van der Waals surface area contributed by atoms with Crippen LogP contribution in [0, 0.1) is 11.8 Å².